The molecule has 0 unspecified atom stereocenters. The van der Waals surface area contributed by atoms with E-state index in [0.717, 1.165) is 11.1 Å². The van der Waals surface area contributed by atoms with Crippen molar-refractivity contribution in [1.82, 2.24) is 0 Å². The van der Waals surface area contributed by atoms with Crippen LogP contribution in [0.1, 0.15) is 27.0 Å². The number of nitrogens with zero attached hydrogens (tertiary/aromatic N) is 1. The highest BCUT2D eigenvalue weighted by Crippen LogP contribution is 2.22. The first-order chi connectivity index (χ1) is 14.5. The highest BCUT2D eigenvalue weighted by Gasteiger charge is 2.24. The molecule has 4 rings (SSSR count). The molecular formula is C24H16ClNO4. The fourth-order valence-corrected chi connectivity index (χ4v) is 2.98. The van der Waals surface area contributed by atoms with Crippen LogP contribution in [0.4, 0.5) is 0 Å². The van der Waals surface area contributed by atoms with Crippen LogP contribution in [0.2, 0.25) is 5.02 Å². The Labute approximate surface area is 178 Å². The number of halogens is 1. The molecule has 1 heterocycles. The van der Waals surface area contributed by atoms with Crippen molar-refractivity contribution in [1.29, 1.82) is 0 Å². The topological polar surface area (TPSA) is 65.0 Å². The number of carbonyl (C=O) groups excluding carboxylic acids is 2. The summed E-state index contributed by atoms with van der Waals surface area (Å²) in [5.74, 6) is -0.328. The summed E-state index contributed by atoms with van der Waals surface area (Å²) in [4.78, 5) is 28.6. The lowest BCUT2D eigenvalue weighted by Gasteiger charge is -2.05. The number of rotatable bonds is 4. The van der Waals surface area contributed by atoms with Gasteiger partial charge < -0.3 is 9.47 Å². The van der Waals surface area contributed by atoms with E-state index in [1.54, 1.807) is 72.8 Å². The number of hydrogen-bond acceptors (Lipinski definition) is 5. The Morgan fingerprint density at radius 3 is 2.47 bits per heavy atom. The van der Waals surface area contributed by atoms with Crippen molar-refractivity contribution < 1.29 is 19.1 Å². The Balaban J connectivity index is 1.48. The second-order valence-electron chi connectivity index (χ2n) is 6.67. The molecule has 1 aliphatic rings. The van der Waals surface area contributed by atoms with Gasteiger partial charge in [-0.1, -0.05) is 41.4 Å². The van der Waals surface area contributed by atoms with Gasteiger partial charge in [-0.3, -0.25) is 0 Å². The molecule has 0 saturated heterocycles. The fourth-order valence-electron chi connectivity index (χ4n) is 2.85. The normalized spacial score (nSPS) is 14.4. The van der Waals surface area contributed by atoms with Crippen LogP contribution in [0.3, 0.4) is 0 Å². The van der Waals surface area contributed by atoms with Gasteiger partial charge in [-0.05, 0) is 67.1 Å². The molecule has 0 atom stereocenters. The molecule has 0 aliphatic carbocycles. The second-order valence-corrected chi connectivity index (χ2v) is 7.11. The highest BCUT2D eigenvalue weighted by molar-refractivity contribution is 6.30. The summed E-state index contributed by atoms with van der Waals surface area (Å²) in [5.41, 5.74) is 3.03. The third-order valence-corrected chi connectivity index (χ3v) is 4.61. The summed E-state index contributed by atoms with van der Waals surface area (Å²) in [6, 6.07) is 20.8. The largest absolute Gasteiger partial charge is 0.423 e. The predicted octanol–water partition coefficient (Wildman–Crippen LogP) is 5.21. The number of cyclic esters (lactones) is 1. The van der Waals surface area contributed by atoms with Gasteiger partial charge in [-0.2, -0.15) is 0 Å². The third-order valence-electron chi connectivity index (χ3n) is 4.36. The zero-order chi connectivity index (χ0) is 21.1. The lowest BCUT2D eigenvalue weighted by molar-refractivity contribution is -0.129. The van der Waals surface area contributed by atoms with Crippen molar-refractivity contribution in [3.05, 3.63) is 106 Å². The summed E-state index contributed by atoms with van der Waals surface area (Å²) in [6.45, 7) is 1.91. The van der Waals surface area contributed by atoms with Crippen LogP contribution in [0.5, 0.6) is 5.75 Å². The predicted molar refractivity (Wildman–Crippen MR) is 115 cm³/mol. The minimum Gasteiger partial charge on any atom is -0.423 e. The number of esters is 2. The molecule has 1 aliphatic heterocycles. The molecule has 0 spiro atoms. The maximum Gasteiger partial charge on any atom is 0.363 e. The lowest BCUT2D eigenvalue weighted by Crippen LogP contribution is -2.08. The SMILES string of the molecule is Cc1cccc(C(=O)Oc2ccc(/C=C3/N=C(c4ccc(Cl)cc4)OC3=O)cc2)c1. The summed E-state index contributed by atoms with van der Waals surface area (Å²) in [5, 5.41) is 0.586. The summed E-state index contributed by atoms with van der Waals surface area (Å²) < 4.78 is 10.6. The maximum absolute atomic E-state index is 12.2. The van der Waals surface area contributed by atoms with Gasteiger partial charge in [0.05, 0.1) is 5.56 Å². The van der Waals surface area contributed by atoms with E-state index in [1.165, 1.54) is 0 Å². The van der Waals surface area contributed by atoms with Gasteiger partial charge in [-0.25, -0.2) is 14.6 Å². The van der Waals surface area contributed by atoms with Crippen LogP contribution in [0.25, 0.3) is 6.08 Å². The Morgan fingerprint density at radius 2 is 1.77 bits per heavy atom. The van der Waals surface area contributed by atoms with E-state index in [1.807, 2.05) is 13.0 Å². The quantitative estimate of drug-likeness (QED) is 0.332. The minimum absolute atomic E-state index is 0.185. The molecule has 148 valence electrons. The Morgan fingerprint density at radius 1 is 1.03 bits per heavy atom. The standard InChI is InChI=1S/C24H16ClNO4/c1-15-3-2-4-18(13-15)23(27)29-20-11-5-16(6-12-20)14-21-24(28)30-22(26-21)17-7-9-19(25)10-8-17/h2-14H,1H3/b21-14+. The summed E-state index contributed by atoms with van der Waals surface area (Å²) in [7, 11) is 0. The van der Waals surface area contributed by atoms with Crippen LogP contribution in [0, 0.1) is 6.92 Å². The van der Waals surface area contributed by atoms with Crippen LogP contribution in [-0.4, -0.2) is 17.8 Å². The molecule has 0 bridgehead atoms. The van der Waals surface area contributed by atoms with Crippen molar-refractivity contribution in [2.24, 2.45) is 4.99 Å². The Bertz CT molecular complexity index is 1180. The second kappa shape index (κ2) is 8.35. The number of benzene rings is 3. The van der Waals surface area contributed by atoms with E-state index in [-0.39, 0.29) is 11.6 Å². The van der Waals surface area contributed by atoms with Crippen molar-refractivity contribution in [3.8, 4) is 5.75 Å². The van der Waals surface area contributed by atoms with E-state index in [0.29, 0.717) is 21.9 Å². The molecule has 0 saturated carbocycles. The van der Waals surface area contributed by atoms with Crippen molar-refractivity contribution in [2.45, 2.75) is 6.92 Å². The number of aliphatic imine (C=N–C) groups is 1. The monoisotopic (exact) mass is 417 g/mol. The molecule has 30 heavy (non-hydrogen) atoms. The average Bonchev–Trinajstić information content (AvgIpc) is 3.10. The molecule has 5 nitrogen and oxygen atoms in total. The van der Waals surface area contributed by atoms with Gasteiger partial charge in [-0.15, -0.1) is 0 Å². The van der Waals surface area contributed by atoms with Gasteiger partial charge in [0, 0.05) is 10.6 Å². The van der Waals surface area contributed by atoms with Crippen LogP contribution < -0.4 is 4.74 Å². The van der Waals surface area contributed by atoms with Crippen LogP contribution in [-0.2, 0) is 9.53 Å². The van der Waals surface area contributed by atoms with Gasteiger partial charge in [0.25, 0.3) is 0 Å². The maximum atomic E-state index is 12.2. The van der Waals surface area contributed by atoms with Crippen LogP contribution >= 0.6 is 11.6 Å². The average molecular weight is 418 g/mol. The highest BCUT2D eigenvalue weighted by atomic mass is 35.5. The first-order valence-electron chi connectivity index (χ1n) is 9.15. The molecule has 6 heteroatoms. The van der Waals surface area contributed by atoms with Crippen molar-refractivity contribution >= 4 is 35.5 Å². The zero-order valence-electron chi connectivity index (χ0n) is 16.0. The molecular weight excluding hydrogens is 402 g/mol. The van der Waals surface area contributed by atoms with Gasteiger partial charge in [0.15, 0.2) is 5.70 Å². The smallest absolute Gasteiger partial charge is 0.363 e. The summed E-state index contributed by atoms with van der Waals surface area (Å²) >= 11 is 5.88. The Hall–Kier alpha value is -3.70. The molecule has 0 fully saturated rings. The number of hydrogen-bond donors (Lipinski definition) is 0. The molecule has 0 radical (unpaired) electrons. The number of carbonyl (C=O) groups is 2. The minimum atomic E-state index is -0.532. The van der Waals surface area contributed by atoms with E-state index in [9.17, 15) is 9.59 Å². The van der Waals surface area contributed by atoms with Gasteiger partial charge >= 0.3 is 11.9 Å². The number of aryl methyl sites for hydroxylation is 1. The molecule has 3 aromatic rings. The van der Waals surface area contributed by atoms with E-state index >= 15 is 0 Å². The Kier molecular flexibility index (Phi) is 5.46. The summed E-state index contributed by atoms with van der Waals surface area (Å²) in [6.07, 6.45) is 1.61. The molecule has 0 amide bonds. The molecule has 0 N–H and O–H groups in total. The van der Waals surface area contributed by atoms with E-state index in [2.05, 4.69) is 4.99 Å². The fraction of sp³-hybridized carbons (Fsp3) is 0.0417. The van der Waals surface area contributed by atoms with Gasteiger partial charge in [0.1, 0.15) is 5.75 Å². The van der Waals surface area contributed by atoms with Crippen molar-refractivity contribution in [2.75, 3.05) is 0 Å². The molecule has 0 aromatic heterocycles. The van der Waals surface area contributed by atoms with E-state index in [4.69, 9.17) is 21.1 Å². The number of ether oxygens (including phenoxy) is 2. The zero-order valence-corrected chi connectivity index (χ0v) is 16.7. The lowest BCUT2D eigenvalue weighted by atomic mass is 10.1. The first kappa shape index (κ1) is 19.6. The third kappa shape index (κ3) is 4.47. The first-order valence-corrected chi connectivity index (χ1v) is 9.53. The van der Waals surface area contributed by atoms with Crippen molar-refractivity contribution in [3.63, 3.8) is 0 Å². The van der Waals surface area contributed by atoms with E-state index < -0.39 is 11.9 Å². The van der Waals surface area contributed by atoms with Crippen LogP contribution in [0.15, 0.2) is 83.5 Å². The van der Waals surface area contributed by atoms with Gasteiger partial charge in [0.2, 0.25) is 5.90 Å². The molecule has 3 aromatic carbocycles.